The Hall–Kier alpha value is -1.51. The number of carbonyl (C=O) groups excluding carboxylic acids is 1. The van der Waals surface area contributed by atoms with Gasteiger partial charge in [0.25, 0.3) is 5.91 Å². The van der Waals surface area contributed by atoms with Gasteiger partial charge in [0.15, 0.2) is 0 Å². The molecule has 0 spiro atoms. The zero-order valence-corrected chi connectivity index (χ0v) is 13.5. The van der Waals surface area contributed by atoms with Crippen LogP contribution in [0.3, 0.4) is 0 Å². The molecule has 1 amide bonds. The van der Waals surface area contributed by atoms with Gasteiger partial charge in [0, 0.05) is 17.3 Å². The van der Waals surface area contributed by atoms with Crippen LogP contribution in [0.15, 0.2) is 18.2 Å². The predicted octanol–water partition coefficient (Wildman–Crippen LogP) is 3.52. The number of nitrogen functional groups attached to an aromatic ring is 1. The smallest absolute Gasteiger partial charge is 0.251 e. The minimum atomic E-state index is 0.0200. The van der Waals surface area contributed by atoms with Gasteiger partial charge in [0.1, 0.15) is 0 Å². The highest BCUT2D eigenvalue weighted by Crippen LogP contribution is 2.62. The number of hydrogen-bond donors (Lipinski definition) is 2. The van der Waals surface area contributed by atoms with Crippen molar-refractivity contribution in [1.82, 2.24) is 5.32 Å². The third kappa shape index (κ3) is 2.05. The summed E-state index contributed by atoms with van der Waals surface area (Å²) < 4.78 is 0. The van der Waals surface area contributed by atoms with E-state index < -0.39 is 0 Å². The van der Waals surface area contributed by atoms with Crippen molar-refractivity contribution in [1.29, 1.82) is 0 Å². The third-order valence-corrected chi connectivity index (χ3v) is 6.17. The van der Waals surface area contributed by atoms with Crippen molar-refractivity contribution < 1.29 is 4.79 Å². The zero-order chi connectivity index (χ0) is 15.4. The minimum Gasteiger partial charge on any atom is -0.398 e. The molecule has 3 atom stereocenters. The lowest BCUT2D eigenvalue weighted by molar-refractivity contribution is 0.0737. The van der Waals surface area contributed by atoms with Gasteiger partial charge in [-0.3, -0.25) is 4.79 Å². The van der Waals surface area contributed by atoms with Crippen molar-refractivity contribution in [2.24, 2.45) is 16.7 Å². The van der Waals surface area contributed by atoms with Gasteiger partial charge in [-0.15, -0.1) is 0 Å². The van der Waals surface area contributed by atoms with Gasteiger partial charge in [0.05, 0.1) is 0 Å². The molecule has 0 aliphatic heterocycles. The van der Waals surface area contributed by atoms with Crippen LogP contribution < -0.4 is 11.1 Å². The molecule has 0 radical (unpaired) electrons. The van der Waals surface area contributed by atoms with Crippen LogP contribution in [0.25, 0.3) is 0 Å². The largest absolute Gasteiger partial charge is 0.398 e. The number of rotatable bonds is 2. The van der Waals surface area contributed by atoms with E-state index in [4.69, 9.17) is 5.73 Å². The lowest BCUT2D eigenvalue weighted by Gasteiger charge is -2.43. The highest BCUT2D eigenvalue weighted by molar-refractivity contribution is 5.97. The standard InChI is InChI=1S/C18H26N2O/c1-11-13(6-5-7-14(11)19)15(21)20-16-17(2,3)12-8-9-18(16,4)10-12/h5-7,12,16H,8-10,19H2,1-4H3,(H,20,21). The van der Waals surface area contributed by atoms with Gasteiger partial charge in [0.2, 0.25) is 0 Å². The Bertz CT molecular complexity index is 588. The van der Waals surface area contributed by atoms with E-state index in [1.807, 2.05) is 25.1 Å². The van der Waals surface area contributed by atoms with Crippen molar-refractivity contribution in [3.8, 4) is 0 Å². The molecule has 3 unspecified atom stereocenters. The van der Waals surface area contributed by atoms with E-state index in [0.29, 0.717) is 11.3 Å². The number of nitrogens with one attached hydrogen (secondary N) is 1. The second-order valence-electron chi connectivity index (χ2n) is 7.84. The SMILES string of the molecule is Cc1c(N)cccc1C(=O)NC1C2(C)CCC(C2)C1(C)C. The first-order valence-electron chi connectivity index (χ1n) is 7.92. The summed E-state index contributed by atoms with van der Waals surface area (Å²) in [6, 6.07) is 5.81. The summed E-state index contributed by atoms with van der Waals surface area (Å²) in [6.45, 7) is 8.86. The van der Waals surface area contributed by atoms with E-state index >= 15 is 0 Å². The fraction of sp³-hybridized carbons (Fsp3) is 0.611. The molecular formula is C18H26N2O. The molecule has 2 aliphatic carbocycles. The maximum absolute atomic E-state index is 12.7. The van der Waals surface area contributed by atoms with E-state index in [-0.39, 0.29) is 22.8 Å². The predicted molar refractivity (Wildman–Crippen MR) is 86.1 cm³/mol. The maximum atomic E-state index is 12.7. The molecule has 0 aromatic heterocycles. The molecule has 0 heterocycles. The van der Waals surface area contributed by atoms with Crippen LogP contribution in [-0.2, 0) is 0 Å². The molecule has 2 bridgehead atoms. The fourth-order valence-corrected chi connectivity index (χ4v) is 4.77. The van der Waals surface area contributed by atoms with Crippen molar-refractivity contribution in [2.45, 2.75) is 53.0 Å². The molecule has 21 heavy (non-hydrogen) atoms. The van der Waals surface area contributed by atoms with Gasteiger partial charge in [-0.2, -0.15) is 0 Å². The van der Waals surface area contributed by atoms with E-state index in [0.717, 1.165) is 11.5 Å². The summed E-state index contributed by atoms with van der Waals surface area (Å²) in [5.74, 6) is 0.751. The van der Waals surface area contributed by atoms with E-state index in [1.54, 1.807) is 0 Å². The molecule has 0 saturated heterocycles. The Balaban J connectivity index is 1.87. The second-order valence-corrected chi connectivity index (χ2v) is 7.84. The zero-order valence-electron chi connectivity index (χ0n) is 13.5. The number of benzene rings is 1. The van der Waals surface area contributed by atoms with E-state index in [2.05, 4.69) is 26.1 Å². The molecule has 1 aromatic carbocycles. The second kappa shape index (κ2) is 4.49. The van der Waals surface area contributed by atoms with Gasteiger partial charge < -0.3 is 11.1 Å². The molecule has 2 saturated carbocycles. The Morgan fingerprint density at radius 3 is 2.67 bits per heavy atom. The number of amides is 1. The summed E-state index contributed by atoms with van der Waals surface area (Å²) in [5.41, 5.74) is 8.62. The monoisotopic (exact) mass is 286 g/mol. The van der Waals surface area contributed by atoms with E-state index in [1.165, 1.54) is 19.3 Å². The van der Waals surface area contributed by atoms with Crippen LogP contribution in [-0.4, -0.2) is 11.9 Å². The normalized spacial score (nSPS) is 33.1. The van der Waals surface area contributed by atoms with Crippen LogP contribution in [0.5, 0.6) is 0 Å². The highest BCUT2D eigenvalue weighted by Gasteiger charge is 2.59. The highest BCUT2D eigenvalue weighted by atomic mass is 16.1. The first-order chi connectivity index (χ1) is 9.75. The van der Waals surface area contributed by atoms with Crippen molar-refractivity contribution >= 4 is 11.6 Å². The Kier molecular flexibility index (Phi) is 3.09. The molecule has 3 nitrogen and oxygen atoms in total. The van der Waals surface area contributed by atoms with Crippen LogP contribution >= 0.6 is 0 Å². The summed E-state index contributed by atoms with van der Waals surface area (Å²) in [4.78, 5) is 12.7. The Morgan fingerprint density at radius 1 is 1.33 bits per heavy atom. The molecule has 3 N–H and O–H groups in total. The summed E-state index contributed by atoms with van der Waals surface area (Å²) >= 11 is 0. The lowest BCUT2D eigenvalue weighted by atomic mass is 9.68. The summed E-state index contributed by atoms with van der Waals surface area (Å²) in [6.07, 6.45) is 3.76. The first kappa shape index (κ1) is 14.4. The lowest BCUT2D eigenvalue weighted by Crippen LogP contribution is -2.52. The van der Waals surface area contributed by atoms with Crippen LogP contribution in [0.4, 0.5) is 5.69 Å². The molecule has 114 valence electrons. The van der Waals surface area contributed by atoms with Crippen LogP contribution in [0.1, 0.15) is 56.0 Å². The van der Waals surface area contributed by atoms with Crippen molar-refractivity contribution in [3.05, 3.63) is 29.3 Å². The maximum Gasteiger partial charge on any atom is 0.251 e. The minimum absolute atomic E-state index is 0.0200. The fourth-order valence-electron chi connectivity index (χ4n) is 4.77. The molecule has 3 rings (SSSR count). The van der Waals surface area contributed by atoms with Crippen molar-refractivity contribution in [3.63, 3.8) is 0 Å². The van der Waals surface area contributed by atoms with Gasteiger partial charge in [-0.25, -0.2) is 0 Å². The van der Waals surface area contributed by atoms with Gasteiger partial charge in [-0.1, -0.05) is 26.8 Å². The Morgan fingerprint density at radius 2 is 2.05 bits per heavy atom. The number of carbonyl (C=O) groups is 1. The Labute approximate surface area is 127 Å². The summed E-state index contributed by atoms with van der Waals surface area (Å²) in [7, 11) is 0. The average molecular weight is 286 g/mol. The molecule has 1 aromatic rings. The quantitative estimate of drug-likeness (QED) is 0.817. The van der Waals surface area contributed by atoms with Gasteiger partial charge in [-0.05, 0) is 60.6 Å². The average Bonchev–Trinajstić information content (AvgIpc) is 2.89. The third-order valence-electron chi connectivity index (χ3n) is 6.17. The van der Waals surface area contributed by atoms with Crippen molar-refractivity contribution in [2.75, 3.05) is 5.73 Å². The van der Waals surface area contributed by atoms with E-state index in [9.17, 15) is 4.79 Å². The number of hydrogen-bond acceptors (Lipinski definition) is 2. The first-order valence-corrected chi connectivity index (χ1v) is 7.92. The molecular weight excluding hydrogens is 260 g/mol. The topological polar surface area (TPSA) is 55.1 Å². The number of fused-ring (bicyclic) bond motifs is 2. The van der Waals surface area contributed by atoms with Gasteiger partial charge >= 0.3 is 0 Å². The van der Waals surface area contributed by atoms with Crippen LogP contribution in [0, 0.1) is 23.7 Å². The number of anilines is 1. The molecule has 2 aliphatic rings. The van der Waals surface area contributed by atoms with Crippen LogP contribution in [0.2, 0.25) is 0 Å². The molecule has 2 fully saturated rings. The molecule has 3 heteroatoms. The summed E-state index contributed by atoms with van der Waals surface area (Å²) in [5, 5.41) is 3.33. The number of nitrogens with two attached hydrogens (primary N) is 1.